The molecule has 1 N–H and O–H groups in total. The molecule has 0 aliphatic heterocycles. The summed E-state index contributed by atoms with van der Waals surface area (Å²) in [6.45, 7) is 1.88. The summed E-state index contributed by atoms with van der Waals surface area (Å²) in [6.07, 6.45) is 3.18. The molecule has 0 spiro atoms. The molecular weight excluding hydrogens is 320 g/mol. The molecule has 0 aliphatic carbocycles. The monoisotopic (exact) mass is 334 g/mol. The Hall–Kier alpha value is -2.99. The standard InChI is InChI=1S/C18H14N4OS/c1-12(15-8-5-9-23-15)21-22-17-14-10-16(13-6-3-2-4-7-13)24-18(14)20-11-19-17/h2-11H,1H3,(H,19,20,22)/b21-12-. The van der Waals surface area contributed by atoms with E-state index in [0.717, 1.165) is 26.6 Å². The Labute approximate surface area is 142 Å². The number of thiophene rings is 1. The van der Waals surface area contributed by atoms with Crippen molar-refractivity contribution in [1.82, 2.24) is 9.97 Å². The van der Waals surface area contributed by atoms with Crippen LogP contribution in [-0.4, -0.2) is 15.7 Å². The Bertz CT molecular complexity index is 990. The van der Waals surface area contributed by atoms with Crippen LogP contribution in [0.2, 0.25) is 0 Å². The zero-order valence-corrected chi connectivity index (χ0v) is 13.7. The number of hydrazone groups is 1. The number of hydrogen-bond donors (Lipinski definition) is 1. The van der Waals surface area contributed by atoms with E-state index in [0.29, 0.717) is 5.82 Å². The van der Waals surface area contributed by atoms with Crippen molar-refractivity contribution < 1.29 is 4.42 Å². The van der Waals surface area contributed by atoms with E-state index in [2.05, 4.69) is 38.7 Å². The highest BCUT2D eigenvalue weighted by Gasteiger charge is 2.10. The van der Waals surface area contributed by atoms with Crippen molar-refractivity contribution in [1.29, 1.82) is 0 Å². The molecule has 0 unspecified atom stereocenters. The molecule has 0 bridgehead atoms. The van der Waals surface area contributed by atoms with Crippen LogP contribution in [0.3, 0.4) is 0 Å². The fourth-order valence-electron chi connectivity index (χ4n) is 2.37. The SMILES string of the molecule is C/C(=N/Nc1ncnc2sc(-c3ccccc3)cc12)c1ccco1. The summed E-state index contributed by atoms with van der Waals surface area (Å²) in [5.41, 5.74) is 4.95. The minimum absolute atomic E-state index is 0.685. The van der Waals surface area contributed by atoms with Crippen molar-refractivity contribution in [2.24, 2.45) is 5.10 Å². The molecular formula is C18H14N4OS. The van der Waals surface area contributed by atoms with Crippen LogP contribution in [-0.2, 0) is 0 Å². The summed E-state index contributed by atoms with van der Waals surface area (Å²) >= 11 is 1.64. The van der Waals surface area contributed by atoms with Gasteiger partial charge in [-0.2, -0.15) is 5.10 Å². The Morgan fingerprint density at radius 1 is 1.12 bits per heavy atom. The molecule has 6 heteroatoms. The molecule has 4 rings (SSSR count). The molecule has 3 heterocycles. The largest absolute Gasteiger partial charge is 0.463 e. The topological polar surface area (TPSA) is 63.3 Å². The molecule has 0 saturated heterocycles. The molecule has 0 aliphatic rings. The smallest absolute Gasteiger partial charge is 0.158 e. The summed E-state index contributed by atoms with van der Waals surface area (Å²) in [6, 6.07) is 16.0. The highest BCUT2D eigenvalue weighted by molar-refractivity contribution is 7.21. The van der Waals surface area contributed by atoms with Gasteiger partial charge < -0.3 is 4.42 Å². The number of nitrogens with one attached hydrogen (secondary N) is 1. The predicted molar refractivity (Wildman–Crippen MR) is 97.4 cm³/mol. The van der Waals surface area contributed by atoms with E-state index >= 15 is 0 Å². The molecule has 0 amide bonds. The number of furan rings is 1. The van der Waals surface area contributed by atoms with Crippen LogP contribution in [0.4, 0.5) is 5.82 Å². The zero-order valence-electron chi connectivity index (χ0n) is 12.9. The normalized spacial score (nSPS) is 11.8. The van der Waals surface area contributed by atoms with Crippen LogP contribution >= 0.6 is 11.3 Å². The molecule has 0 radical (unpaired) electrons. The molecule has 3 aromatic heterocycles. The van der Waals surface area contributed by atoms with Gasteiger partial charge in [-0.1, -0.05) is 30.3 Å². The maximum atomic E-state index is 5.33. The molecule has 4 aromatic rings. The van der Waals surface area contributed by atoms with Crippen molar-refractivity contribution in [3.8, 4) is 10.4 Å². The van der Waals surface area contributed by atoms with Crippen molar-refractivity contribution in [2.75, 3.05) is 5.43 Å². The fourth-order valence-corrected chi connectivity index (χ4v) is 3.37. The van der Waals surface area contributed by atoms with Crippen LogP contribution in [0.1, 0.15) is 12.7 Å². The third kappa shape index (κ3) is 2.79. The molecule has 24 heavy (non-hydrogen) atoms. The zero-order chi connectivity index (χ0) is 16.4. The molecule has 0 atom stereocenters. The van der Waals surface area contributed by atoms with Gasteiger partial charge in [-0.25, -0.2) is 9.97 Å². The average Bonchev–Trinajstić information content (AvgIpc) is 3.30. The molecule has 0 fully saturated rings. The first-order valence-electron chi connectivity index (χ1n) is 7.45. The van der Waals surface area contributed by atoms with Gasteiger partial charge in [-0.15, -0.1) is 11.3 Å². The minimum atomic E-state index is 0.685. The van der Waals surface area contributed by atoms with Gasteiger partial charge in [0.15, 0.2) is 5.82 Å². The molecule has 5 nitrogen and oxygen atoms in total. The highest BCUT2D eigenvalue weighted by Crippen LogP contribution is 2.34. The van der Waals surface area contributed by atoms with Gasteiger partial charge in [0.25, 0.3) is 0 Å². The molecule has 118 valence electrons. The van der Waals surface area contributed by atoms with E-state index in [1.54, 1.807) is 23.9 Å². The number of fused-ring (bicyclic) bond motifs is 1. The van der Waals surface area contributed by atoms with Gasteiger partial charge in [-0.05, 0) is 30.7 Å². The third-order valence-electron chi connectivity index (χ3n) is 3.59. The van der Waals surface area contributed by atoms with E-state index in [4.69, 9.17) is 4.42 Å². The Kier molecular flexibility index (Phi) is 3.80. The summed E-state index contributed by atoms with van der Waals surface area (Å²) in [5.74, 6) is 1.41. The highest BCUT2D eigenvalue weighted by atomic mass is 32.1. The predicted octanol–water partition coefficient (Wildman–Crippen LogP) is 4.79. The fraction of sp³-hybridized carbons (Fsp3) is 0.0556. The minimum Gasteiger partial charge on any atom is -0.463 e. The third-order valence-corrected chi connectivity index (χ3v) is 4.69. The van der Waals surface area contributed by atoms with Crippen LogP contribution in [0, 0.1) is 0 Å². The van der Waals surface area contributed by atoms with Crippen LogP contribution in [0.5, 0.6) is 0 Å². The van der Waals surface area contributed by atoms with Crippen molar-refractivity contribution in [2.45, 2.75) is 6.92 Å². The van der Waals surface area contributed by atoms with Gasteiger partial charge in [0.1, 0.15) is 22.6 Å². The van der Waals surface area contributed by atoms with Gasteiger partial charge in [0, 0.05) is 4.88 Å². The van der Waals surface area contributed by atoms with Crippen LogP contribution in [0.15, 0.2) is 70.6 Å². The number of rotatable bonds is 4. The second kappa shape index (κ2) is 6.25. The Morgan fingerprint density at radius 3 is 2.79 bits per heavy atom. The first-order valence-corrected chi connectivity index (χ1v) is 8.27. The lowest BCUT2D eigenvalue weighted by Crippen LogP contribution is -2.00. The van der Waals surface area contributed by atoms with E-state index in [1.165, 1.54) is 5.56 Å². The molecule has 1 aromatic carbocycles. The first-order chi connectivity index (χ1) is 11.8. The average molecular weight is 334 g/mol. The van der Waals surface area contributed by atoms with E-state index < -0.39 is 0 Å². The lowest BCUT2D eigenvalue weighted by molar-refractivity contribution is 0.557. The molecule has 0 saturated carbocycles. The van der Waals surface area contributed by atoms with E-state index in [9.17, 15) is 0 Å². The summed E-state index contributed by atoms with van der Waals surface area (Å²) in [4.78, 5) is 10.8. The first kappa shape index (κ1) is 14.6. The van der Waals surface area contributed by atoms with Crippen LogP contribution in [0.25, 0.3) is 20.7 Å². The van der Waals surface area contributed by atoms with Crippen LogP contribution < -0.4 is 5.43 Å². The maximum absolute atomic E-state index is 5.33. The van der Waals surface area contributed by atoms with Crippen molar-refractivity contribution >= 4 is 33.1 Å². The summed E-state index contributed by atoms with van der Waals surface area (Å²) < 4.78 is 5.33. The van der Waals surface area contributed by atoms with Gasteiger partial charge in [0.05, 0.1) is 11.6 Å². The number of aromatic nitrogens is 2. The van der Waals surface area contributed by atoms with E-state index in [1.807, 2.05) is 37.3 Å². The number of benzene rings is 1. The number of nitrogens with zero attached hydrogens (tertiary/aromatic N) is 3. The Balaban J connectivity index is 1.69. The number of anilines is 1. The maximum Gasteiger partial charge on any atom is 0.158 e. The second-order valence-electron chi connectivity index (χ2n) is 5.20. The summed E-state index contributed by atoms with van der Waals surface area (Å²) in [5, 5.41) is 5.31. The Morgan fingerprint density at radius 2 is 2.00 bits per heavy atom. The van der Waals surface area contributed by atoms with Crippen molar-refractivity contribution in [3.05, 3.63) is 66.9 Å². The van der Waals surface area contributed by atoms with Gasteiger partial charge in [0.2, 0.25) is 0 Å². The lowest BCUT2D eigenvalue weighted by Gasteiger charge is -2.01. The second-order valence-corrected chi connectivity index (χ2v) is 6.23. The van der Waals surface area contributed by atoms with Gasteiger partial charge >= 0.3 is 0 Å². The number of hydrogen-bond acceptors (Lipinski definition) is 6. The summed E-state index contributed by atoms with van der Waals surface area (Å²) in [7, 11) is 0. The van der Waals surface area contributed by atoms with Crippen molar-refractivity contribution in [3.63, 3.8) is 0 Å². The lowest BCUT2D eigenvalue weighted by atomic mass is 10.2. The van der Waals surface area contributed by atoms with E-state index in [-0.39, 0.29) is 0 Å². The van der Waals surface area contributed by atoms with Gasteiger partial charge in [-0.3, -0.25) is 5.43 Å². The quantitative estimate of drug-likeness (QED) is 0.430.